The van der Waals surface area contributed by atoms with E-state index in [2.05, 4.69) is 5.32 Å². The van der Waals surface area contributed by atoms with E-state index in [-0.39, 0.29) is 24.5 Å². The van der Waals surface area contributed by atoms with Gasteiger partial charge in [-0.2, -0.15) is 0 Å². The molecule has 0 radical (unpaired) electrons. The lowest BCUT2D eigenvalue weighted by Crippen LogP contribution is -2.23. The minimum atomic E-state index is -0.151. The summed E-state index contributed by atoms with van der Waals surface area (Å²) in [5.74, 6) is 1.18. The summed E-state index contributed by atoms with van der Waals surface area (Å²) in [5.41, 5.74) is 1.53. The molecule has 0 aliphatic carbocycles. The van der Waals surface area contributed by atoms with Gasteiger partial charge in [0, 0.05) is 24.9 Å². The zero-order chi connectivity index (χ0) is 17.4. The van der Waals surface area contributed by atoms with Gasteiger partial charge in [0.25, 0.3) is 0 Å². The van der Waals surface area contributed by atoms with Crippen LogP contribution in [0.3, 0.4) is 0 Å². The van der Waals surface area contributed by atoms with Gasteiger partial charge in [-0.05, 0) is 29.8 Å². The molecule has 1 amide bonds. The van der Waals surface area contributed by atoms with Crippen LogP contribution in [0.2, 0.25) is 0 Å². The molecule has 5 heteroatoms. The van der Waals surface area contributed by atoms with Crippen molar-refractivity contribution in [3.05, 3.63) is 59.7 Å². The summed E-state index contributed by atoms with van der Waals surface area (Å²) in [6.07, 6.45) is 0.327. The molecule has 0 fully saturated rings. The molecule has 126 valence electrons. The highest BCUT2D eigenvalue weighted by atomic mass is 16.5. The number of hydrogen-bond acceptors (Lipinski definition) is 4. The molecule has 0 unspecified atom stereocenters. The van der Waals surface area contributed by atoms with Gasteiger partial charge in [0.15, 0.2) is 5.78 Å². The first-order valence-corrected chi connectivity index (χ1v) is 7.69. The first-order valence-electron chi connectivity index (χ1n) is 7.69. The number of hydrogen-bond donors (Lipinski definition) is 1. The second kappa shape index (κ2) is 8.72. The average molecular weight is 327 g/mol. The number of ether oxygens (including phenoxy) is 2. The number of benzene rings is 2. The fourth-order valence-electron chi connectivity index (χ4n) is 2.20. The Morgan fingerprint density at radius 2 is 1.62 bits per heavy atom. The first kappa shape index (κ1) is 17.5. The molecular weight excluding hydrogens is 306 g/mol. The van der Waals surface area contributed by atoms with E-state index in [0.717, 1.165) is 11.3 Å². The maximum Gasteiger partial charge on any atom is 0.220 e. The van der Waals surface area contributed by atoms with Crippen molar-refractivity contribution in [3.8, 4) is 11.5 Å². The summed E-state index contributed by atoms with van der Waals surface area (Å²) in [6.45, 7) is 0.427. The number of methoxy groups -OCH3 is 2. The molecule has 0 heterocycles. The largest absolute Gasteiger partial charge is 0.497 e. The maximum absolute atomic E-state index is 12.1. The van der Waals surface area contributed by atoms with E-state index in [9.17, 15) is 9.59 Å². The molecule has 2 aromatic rings. The third-order valence-electron chi connectivity index (χ3n) is 3.62. The molecule has 0 spiro atoms. The van der Waals surface area contributed by atoms with Crippen molar-refractivity contribution in [1.29, 1.82) is 0 Å². The molecule has 0 bridgehead atoms. The zero-order valence-corrected chi connectivity index (χ0v) is 13.9. The normalized spacial score (nSPS) is 10.1. The van der Waals surface area contributed by atoms with Gasteiger partial charge in [0.2, 0.25) is 5.91 Å². The Bertz CT molecular complexity index is 695. The predicted octanol–water partition coefficient (Wildman–Crippen LogP) is 2.98. The van der Waals surface area contributed by atoms with E-state index in [1.165, 1.54) is 0 Å². The minimum absolute atomic E-state index is 0.0755. The fraction of sp³-hybridized carbons (Fsp3) is 0.263. The van der Waals surface area contributed by atoms with Crippen LogP contribution < -0.4 is 14.8 Å². The van der Waals surface area contributed by atoms with Crippen LogP contribution in [0.5, 0.6) is 11.5 Å². The quantitative estimate of drug-likeness (QED) is 0.757. The summed E-state index contributed by atoms with van der Waals surface area (Å²) in [5, 5.41) is 2.81. The number of amides is 1. The molecule has 0 aliphatic heterocycles. The van der Waals surface area contributed by atoms with Crippen LogP contribution in [0.15, 0.2) is 48.5 Å². The van der Waals surface area contributed by atoms with Gasteiger partial charge in [-0.15, -0.1) is 0 Å². The van der Waals surface area contributed by atoms with Gasteiger partial charge in [0.1, 0.15) is 11.5 Å². The average Bonchev–Trinajstić information content (AvgIpc) is 2.64. The highest BCUT2D eigenvalue weighted by molar-refractivity contribution is 5.98. The van der Waals surface area contributed by atoms with E-state index in [0.29, 0.717) is 17.9 Å². The van der Waals surface area contributed by atoms with Gasteiger partial charge >= 0.3 is 0 Å². The van der Waals surface area contributed by atoms with Crippen molar-refractivity contribution in [2.75, 3.05) is 14.2 Å². The Morgan fingerprint density at radius 1 is 0.917 bits per heavy atom. The summed E-state index contributed by atoms with van der Waals surface area (Å²) in [7, 11) is 3.16. The molecule has 5 nitrogen and oxygen atoms in total. The van der Waals surface area contributed by atoms with Crippen molar-refractivity contribution in [2.45, 2.75) is 19.4 Å². The van der Waals surface area contributed by atoms with Crippen LogP contribution in [0.4, 0.5) is 0 Å². The highest BCUT2D eigenvalue weighted by Crippen LogP contribution is 2.15. The van der Waals surface area contributed by atoms with Crippen LogP contribution in [0.25, 0.3) is 0 Å². The van der Waals surface area contributed by atoms with E-state index in [4.69, 9.17) is 9.47 Å². The van der Waals surface area contributed by atoms with Crippen molar-refractivity contribution < 1.29 is 19.1 Å². The van der Waals surface area contributed by atoms with E-state index in [1.807, 2.05) is 24.3 Å². The summed E-state index contributed by atoms with van der Waals surface area (Å²) >= 11 is 0. The summed E-state index contributed by atoms with van der Waals surface area (Å²) in [4.78, 5) is 24.0. The third kappa shape index (κ3) is 5.12. The summed E-state index contributed by atoms with van der Waals surface area (Å²) < 4.78 is 10.2. The molecule has 0 aromatic heterocycles. The first-order chi connectivity index (χ1) is 11.6. The number of nitrogens with one attached hydrogen (secondary N) is 1. The van der Waals surface area contributed by atoms with Crippen LogP contribution in [-0.2, 0) is 11.3 Å². The number of ketones is 1. The lowest BCUT2D eigenvalue weighted by Gasteiger charge is -2.07. The number of Topliss-reactive ketones (excluding diaryl/α,β-unsaturated/α-hetero) is 1. The van der Waals surface area contributed by atoms with E-state index in [1.54, 1.807) is 38.5 Å². The molecule has 0 aliphatic rings. The molecule has 0 atom stereocenters. The zero-order valence-electron chi connectivity index (χ0n) is 13.9. The Labute approximate surface area is 141 Å². The van der Waals surface area contributed by atoms with Gasteiger partial charge in [-0.25, -0.2) is 0 Å². The number of rotatable bonds is 8. The van der Waals surface area contributed by atoms with Crippen LogP contribution in [-0.4, -0.2) is 25.9 Å². The van der Waals surface area contributed by atoms with Gasteiger partial charge in [0.05, 0.1) is 14.2 Å². The van der Waals surface area contributed by atoms with Crippen LogP contribution >= 0.6 is 0 Å². The lowest BCUT2D eigenvalue weighted by molar-refractivity contribution is -0.121. The standard InChI is InChI=1S/C19H21NO4/c1-23-16-8-6-14(7-9-16)13-20-19(22)11-10-18(21)15-4-3-5-17(12-15)24-2/h3-9,12H,10-11,13H2,1-2H3,(H,20,22). The molecule has 24 heavy (non-hydrogen) atoms. The molecule has 1 N–H and O–H groups in total. The van der Waals surface area contributed by atoms with Gasteiger partial charge in [-0.1, -0.05) is 24.3 Å². The van der Waals surface area contributed by atoms with E-state index < -0.39 is 0 Å². The van der Waals surface area contributed by atoms with Gasteiger partial charge in [-0.3, -0.25) is 9.59 Å². The Hall–Kier alpha value is -2.82. The van der Waals surface area contributed by atoms with Crippen molar-refractivity contribution >= 4 is 11.7 Å². The predicted molar refractivity (Wildman–Crippen MR) is 91.4 cm³/mol. The van der Waals surface area contributed by atoms with Crippen LogP contribution in [0.1, 0.15) is 28.8 Å². The fourth-order valence-corrected chi connectivity index (χ4v) is 2.20. The molecule has 0 saturated heterocycles. The highest BCUT2D eigenvalue weighted by Gasteiger charge is 2.10. The Morgan fingerprint density at radius 3 is 2.29 bits per heavy atom. The Kier molecular flexibility index (Phi) is 6.37. The monoisotopic (exact) mass is 327 g/mol. The summed E-state index contributed by atoms with van der Waals surface area (Å²) in [6, 6.07) is 14.4. The molecule has 2 aromatic carbocycles. The van der Waals surface area contributed by atoms with Crippen molar-refractivity contribution in [3.63, 3.8) is 0 Å². The third-order valence-corrected chi connectivity index (χ3v) is 3.62. The van der Waals surface area contributed by atoms with E-state index >= 15 is 0 Å². The number of carbonyl (C=O) groups is 2. The lowest BCUT2D eigenvalue weighted by atomic mass is 10.1. The number of carbonyl (C=O) groups excluding carboxylic acids is 2. The van der Waals surface area contributed by atoms with Crippen LogP contribution in [0, 0.1) is 0 Å². The molecule has 0 saturated carbocycles. The van der Waals surface area contributed by atoms with Crippen molar-refractivity contribution in [1.82, 2.24) is 5.32 Å². The SMILES string of the molecule is COc1ccc(CNC(=O)CCC(=O)c2cccc(OC)c2)cc1. The second-order valence-corrected chi connectivity index (χ2v) is 5.28. The topological polar surface area (TPSA) is 64.6 Å². The van der Waals surface area contributed by atoms with Gasteiger partial charge < -0.3 is 14.8 Å². The Balaban J connectivity index is 1.78. The molecular formula is C19H21NO4. The second-order valence-electron chi connectivity index (χ2n) is 5.28. The van der Waals surface area contributed by atoms with Crippen molar-refractivity contribution in [2.24, 2.45) is 0 Å². The smallest absolute Gasteiger partial charge is 0.220 e. The molecule has 2 rings (SSSR count). The maximum atomic E-state index is 12.1. The minimum Gasteiger partial charge on any atom is -0.497 e.